The number of hydrogen-bond acceptors (Lipinski definition) is 2. The maximum Gasteiger partial charge on any atom is 0.261 e. The third-order valence-corrected chi connectivity index (χ3v) is 12.9. The Hall–Kier alpha value is -3.21. The summed E-state index contributed by atoms with van der Waals surface area (Å²) in [7, 11) is -2.56. The van der Waals surface area contributed by atoms with Crippen LogP contribution in [0.15, 0.2) is 109 Å². The highest BCUT2D eigenvalue weighted by atomic mass is 28.4. The van der Waals surface area contributed by atoms with Gasteiger partial charge in [0.05, 0.1) is 6.20 Å². The number of allylic oxidation sites excluding steroid dienone is 1. The molecule has 1 saturated carbocycles. The van der Waals surface area contributed by atoms with Crippen molar-refractivity contribution in [2.45, 2.75) is 51.1 Å². The summed E-state index contributed by atoms with van der Waals surface area (Å²) in [5.74, 6) is 0.425. The van der Waals surface area contributed by atoms with Gasteiger partial charge in [-0.1, -0.05) is 124 Å². The van der Waals surface area contributed by atoms with E-state index in [1.807, 2.05) is 10.9 Å². The van der Waals surface area contributed by atoms with Crippen LogP contribution in [0.5, 0.6) is 0 Å². The minimum absolute atomic E-state index is 0.0129. The van der Waals surface area contributed by atoms with Crippen LogP contribution < -0.4 is 10.4 Å². The Balaban J connectivity index is 1.49. The highest BCUT2D eigenvalue weighted by molar-refractivity contribution is 6.99. The monoisotopic (exact) mass is 506 g/mol. The van der Waals surface area contributed by atoms with Crippen molar-refractivity contribution in [1.82, 2.24) is 9.78 Å². The molecule has 0 spiro atoms. The van der Waals surface area contributed by atoms with Gasteiger partial charge in [-0.15, -0.1) is 0 Å². The first-order chi connectivity index (χ1) is 17.9. The van der Waals surface area contributed by atoms with Crippen molar-refractivity contribution in [3.63, 3.8) is 0 Å². The fourth-order valence-corrected chi connectivity index (χ4v) is 10.4. The van der Waals surface area contributed by atoms with Crippen LogP contribution in [0.4, 0.5) is 0 Å². The zero-order chi connectivity index (χ0) is 25.9. The van der Waals surface area contributed by atoms with Crippen LogP contribution in [-0.2, 0) is 16.4 Å². The molecule has 1 heterocycles. The summed E-state index contributed by atoms with van der Waals surface area (Å²) in [4.78, 5) is 0. The molecule has 2 unspecified atom stereocenters. The van der Waals surface area contributed by atoms with Crippen molar-refractivity contribution in [3.8, 4) is 0 Å². The molecule has 2 atom stereocenters. The average molecular weight is 507 g/mol. The van der Waals surface area contributed by atoms with Crippen LogP contribution in [-0.4, -0.2) is 24.7 Å². The molecule has 1 aromatic heterocycles. The van der Waals surface area contributed by atoms with E-state index in [1.165, 1.54) is 15.9 Å². The van der Waals surface area contributed by atoms with Crippen LogP contribution in [0.1, 0.15) is 45.2 Å². The highest BCUT2D eigenvalue weighted by Crippen LogP contribution is 2.56. The summed E-state index contributed by atoms with van der Waals surface area (Å²) in [5.41, 5.74) is 2.50. The lowest BCUT2D eigenvalue weighted by Gasteiger charge is -2.43. The van der Waals surface area contributed by atoms with E-state index < -0.39 is 8.32 Å². The first kappa shape index (κ1) is 25.4. The van der Waals surface area contributed by atoms with E-state index in [1.54, 1.807) is 0 Å². The Morgan fingerprint density at radius 2 is 1.49 bits per heavy atom. The maximum atomic E-state index is 7.33. The first-order valence-corrected chi connectivity index (χ1v) is 15.3. The van der Waals surface area contributed by atoms with Crippen LogP contribution in [0.2, 0.25) is 5.04 Å². The van der Waals surface area contributed by atoms with Crippen LogP contribution in [0.25, 0.3) is 6.08 Å². The van der Waals surface area contributed by atoms with Gasteiger partial charge in [-0.25, -0.2) is 0 Å². The summed E-state index contributed by atoms with van der Waals surface area (Å²) in [6.45, 7) is 10.8. The molecule has 0 amide bonds. The number of benzene rings is 3. The zero-order valence-corrected chi connectivity index (χ0v) is 23.5. The van der Waals surface area contributed by atoms with E-state index in [-0.39, 0.29) is 10.5 Å². The molecule has 4 aromatic rings. The van der Waals surface area contributed by atoms with E-state index in [2.05, 4.69) is 142 Å². The normalized spacial score (nSPS) is 19.8. The van der Waals surface area contributed by atoms with Gasteiger partial charge in [0.2, 0.25) is 0 Å². The predicted octanol–water partition coefficient (Wildman–Crippen LogP) is 6.45. The van der Waals surface area contributed by atoms with Gasteiger partial charge in [-0.3, -0.25) is 4.68 Å². The van der Waals surface area contributed by atoms with Crippen LogP contribution in [0, 0.1) is 5.92 Å². The van der Waals surface area contributed by atoms with Gasteiger partial charge in [0.25, 0.3) is 8.32 Å². The Morgan fingerprint density at radius 3 is 2.00 bits per heavy atom. The zero-order valence-electron chi connectivity index (χ0n) is 22.5. The standard InChI is InChI=1S/C33H38N2OSi/c1-5-35-25-27(24-34-35)21-22-33(28-15-9-6-10-16-28)23-29(33)26-36-37(32(2,3)4,30-17-11-7-12-18-30)31-19-13-8-14-20-31/h6-22,24-25,29H,5,23,26H2,1-4H3. The summed E-state index contributed by atoms with van der Waals surface area (Å²) < 4.78 is 9.31. The summed E-state index contributed by atoms with van der Waals surface area (Å²) >= 11 is 0. The molecular formula is C33H38N2OSi. The van der Waals surface area contributed by atoms with Crippen molar-refractivity contribution >= 4 is 24.8 Å². The number of nitrogens with zero attached hydrogens (tertiary/aromatic N) is 2. The van der Waals surface area contributed by atoms with Gasteiger partial charge in [0.15, 0.2) is 0 Å². The lowest BCUT2D eigenvalue weighted by atomic mass is 9.92. The van der Waals surface area contributed by atoms with E-state index in [0.717, 1.165) is 25.1 Å². The number of aromatic nitrogens is 2. The SMILES string of the molecule is CCn1cc(C=CC2(c3ccccc3)CC2CO[Si](c2ccccc2)(c2ccccc2)C(C)(C)C)cn1. The quantitative estimate of drug-likeness (QED) is 0.244. The fraction of sp³-hybridized carbons (Fsp3) is 0.303. The number of aryl methyl sites for hydroxylation is 1. The second-order valence-electron chi connectivity index (χ2n) is 11.2. The third-order valence-electron chi connectivity index (χ3n) is 7.93. The Morgan fingerprint density at radius 1 is 0.919 bits per heavy atom. The Bertz CT molecular complexity index is 1290. The number of hydrogen-bond donors (Lipinski definition) is 0. The summed E-state index contributed by atoms with van der Waals surface area (Å²) in [6.07, 6.45) is 9.81. The lowest BCUT2D eigenvalue weighted by Crippen LogP contribution is -2.66. The van der Waals surface area contributed by atoms with Crippen molar-refractivity contribution in [1.29, 1.82) is 0 Å². The van der Waals surface area contributed by atoms with Crippen molar-refractivity contribution in [2.75, 3.05) is 6.61 Å². The molecule has 1 aliphatic rings. The third kappa shape index (κ3) is 4.88. The smallest absolute Gasteiger partial charge is 0.261 e. The van der Waals surface area contributed by atoms with Gasteiger partial charge < -0.3 is 4.43 Å². The Labute approximate surface area is 223 Å². The second kappa shape index (κ2) is 10.3. The largest absolute Gasteiger partial charge is 0.407 e. The second-order valence-corrected chi connectivity index (χ2v) is 15.6. The molecular weight excluding hydrogens is 468 g/mol. The molecule has 37 heavy (non-hydrogen) atoms. The topological polar surface area (TPSA) is 27.1 Å². The molecule has 3 nitrogen and oxygen atoms in total. The van der Waals surface area contributed by atoms with E-state index >= 15 is 0 Å². The van der Waals surface area contributed by atoms with Crippen LogP contribution >= 0.6 is 0 Å². The Kier molecular flexibility index (Phi) is 7.06. The molecule has 0 aliphatic heterocycles. The maximum absolute atomic E-state index is 7.33. The van der Waals surface area contributed by atoms with E-state index in [0.29, 0.717) is 5.92 Å². The fourth-order valence-electron chi connectivity index (χ4n) is 5.83. The minimum Gasteiger partial charge on any atom is -0.407 e. The van der Waals surface area contributed by atoms with Gasteiger partial charge in [-0.2, -0.15) is 5.10 Å². The molecule has 5 rings (SSSR count). The highest BCUT2D eigenvalue weighted by Gasteiger charge is 2.56. The van der Waals surface area contributed by atoms with Gasteiger partial charge in [0.1, 0.15) is 0 Å². The predicted molar refractivity (Wildman–Crippen MR) is 157 cm³/mol. The van der Waals surface area contributed by atoms with Gasteiger partial charge in [-0.05, 0) is 40.2 Å². The number of rotatable bonds is 9. The van der Waals surface area contributed by atoms with Gasteiger partial charge >= 0.3 is 0 Å². The molecule has 1 fully saturated rings. The molecule has 1 aliphatic carbocycles. The lowest BCUT2D eigenvalue weighted by molar-refractivity contribution is 0.274. The molecule has 0 N–H and O–H groups in total. The first-order valence-electron chi connectivity index (χ1n) is 13.4. The summed E-state index contributed by atoms with van der Waals surface area (Å²) in [5, 5.41) is 7.10. The average Bonchev–Trinajstić information content (AvgIpc) is 3.44. The molecule has 190 valence electrons. The van der Waals surface area contributed by atoms with Crippen molar-refractivity contribution in [2.24, 2.45) is 5.92 Å². The minimum atomic E-state index is -2.56. The molecule has 3 aromatic carbocycles. The van der Waals surface area contributed by atoms with Crippen LogP contribution in [0.3, 0.4) is 0 Å². The van der Waals surface area contributed by atoms with Crippen molar-refractivity contribution in [3.05, 3.63) is 121 Å². The van der Waals surface area contributed by atoms with E-state index in [4.69, 9.17) is 4.43 Å². The van der Waals surface area contributed by atoms with Gasteiger partial charge in [0, 0.05) is 30.3 Å². The summed E-state index contributed by atoms with van der Waals surface area (Å²) in [6, 6.07) is 32.8. The van der Waals surface area contributed by atoms with E-state index in [9.17, 15) is 0 Å². The molecule has 0 bridgehead atoms. The van der Waals surface area contributed by atoms with Crippen molar-refractivity contribution < 1.29 is 4.43 Å². The molecule has 4 heteroatoms. The molecule has 0 saturated heterocycles. The molecule has 0 radical (unpaired) electrons.